The van der Waals surface area contributed by atoms with Gasteiger partial charge in [-0.2, -0.15) is 4.39 Å². The topological polar surface area (TPSA) is 43.4 Å². The quantitative estimate of drug-likeness (QED) is 0.433. The van der Waals surface area contributed by atoms with E-state index in [1.165, 1.54) is 5.57 Å². The van der Waals surface area contributed by atoms with Gasteiger partial charge >= 0.3 is 5.97 Å². The fourth-order valence-corrected chi connectivity index (χ4v) is 7.58. The van der Waals surface area contributed by atoms with Crippen molar-refractivity contribution in [3.8, 4) is 0 Å². The van der Waals surface area contributed by atoms with Gasteiger partial charge in [0.25, 0.3) is 0 Å². The minimum Gasteiger partial charge on any atom is -0.461 e. The van der Waals surface area contributed by atoms with Crippen molar-refractivity contribution in [1.29, 1.82) is 0 Å². The lowest BCUT2D eigenvalue weighted by Gasteiger charge is -2.58. The Hall–Kier alpha value is -1.45. The Morgan fingerprint density at radius 2 is 1.86 bits per heavy atom. The summed E-state index contributed by atoms with van der Waals surface area (Å²) in [6.07, 6.45) is 9.55. The molecular weight excluding hydrogens is 367 g/mol. The average molecular weight is 403 g/mol. The minimum absolute atomic E-state index is 0.102. The highest BCUT2D eigenvalue weighted by atomic mass is 19.1. The monoisotopic (exact) mass is 402 g/mol. The zero-order valence-electron chi connectivity index (χ0n) is 18.4. The van der Waals surface area contributed by atoms with E-state index in [2.05, 4.69) is 20.8 Å². The van der Waals surface area contributed by atoms with Crippen LogP contribution < -0.4 is 0 Å². The number of allylic oxidation sites excluding steroid dienone is 2. The summed E-state index contributed by atoms with van der Waals surface area (Å²) >= 11 is 0. The number of carbonyl (C=O) groups is 2. The van der Waals surface area contributed by atoms with Crippen LogP contribution in [0.5, 0.6) is 0 Å². The van der Waals surface area contributed by atoms with Crippen LogP contribution in [0.2, 0.25) is 0 Å². The third-order valence-corrected chi connectivity index (χ3v) is 9.12. The molecule has 0 N–H and O–H groups in total. The lowest BCUT2D eigenvalue weighted by Crippen LogP contribution is -2.50. The molecule has 4 heteroatoms. The number of hydrogen-bond donors (Lipinski definition) is 0. The Morgan fingerprint density at radius 1 is 1.14 bits per heavy atom. The molecule has 0 aromatic carbocycles. The van der Waals surface area contributed by atoms with Crippen molar-refractivity contribution >= 4 is 11.8 Å². The van der Waals surface area contributed by atoms with Gasteiger partial charge in [-0.15, -0.1) is 0 Å². The van der Waals surface area contributed by atoms with E-state index in [4.69, 9.17) is 4.74 Å². The van der Waals surface area contributed by atoms with E-state index in [0.717, 1.165) is 44.9 Å². The highest BCUT2D eigenvalue weighted by Gasteiger charge is 2.59. The number of halogens is 1. The third-order valence-electron chi connectivity index (χ3n) is 9.12. The van der Waals surface area contributed by atoms with Crippen LogP contribution in [0.25, 0.3) is 0 Å². The minimum atomic E-state index is -0.788. The first-order valence-corrected chi connectivity index (χ1v) is 11.6. The molecule has 0 aliphatic heterocycles. The molecule has 3 saturated carbocycles. The molecule has 6 atom stereocenters. The summed E-state index contributed by atoms with van der Waals surface area (Å²) < 4.78 is 19.9. The van der Waals surface area contributed by atoms with Crippen molar-refractivity contribution in [2.75, 3.05) is 6.61 Å². The van der Waals surface area contributed by atoms with Crippen LogP contribution in [0.1, 0.15) is 79.1 Å². The molecule has 3 fully saturated rings. The number of rotatable bonds is 3. The van der Waals surface area contributed by atoms with E-state index >= 15 is 0 Å². The van der Waals surface area contributed by atoms with Gasteiger partial charge in [0.1, 0.15) is 0 Å². The van der Waals surface area contributed by atoms with E-state index in [1.54, 1.807) is 6.92 Å². The molecule has 0 aromatic heterocycles. The van der Waals surface area contributed by atoms with Gasteiger partial charge in [-0.05, 0) is 98.5 Å². The summed E-state index contributed by atoms with van der Waals surface area (Å²) in [6, 6.07) is 0. The molecule has 0 bridgehead atoms. The largest absolute Gasteiger partial charge is 0.461 e. The summed E-state index contributed by atoms with van der Waals surface area (Å²) in [5.74, 6) is 0.586. The number of carbonyl (C=O) groups excluding carboxylic acids is 2. The Morgan fingerprint density at radius 3 is 2.55 bits per heavy atom. The van der Waals surface area contributed by atoms with Crippen LogP contribution in [0.3, 0.4) is 0 Å². The van der Waals surface area contributed by atoms with E-state index in [-0.39, 0.29) is 23.4 Å². The zero-order chi connectivity index (χ0) is 21.0. The fraction of sp³-hybridized carbons (Fsp3) is 0.760. The molecule has 0 heterocycles. The highest BCUT2D eigenvalue weighted by molar-refractivity contribution is 5.93. The summed E-state index contributed by atoms with van der Waals surface area (Å²) in [5, 5.41) is 0. The SMILES string of the molecule is CCOC(=O)C(F)=C1CC[C@H]2[C@@H]3CCC4=CC(=O)[C@H](CC)C[C@]4(C)[C@H]3CC[C@]12C. The second kappa shape index (κ2) is 7.35. The van der Waals surface area contributed by atoms with Crippen LogP contribution >= 0.6 is 0 Å². The molecule has 0 aromatic rings. The molecule has 3 nitrogen and oxygen atoms in total. The highest BCUT2D eigenvalue weighted by Crippen LogP contribution is 2.67. The summed E-state index contributed by atoms with van der Waals surface area (Å²) in [4.78, 5) is 24.6. The lowest BCUT2D eigenvalue weighted by atomic mass is 9.46. The first kappa shape index (κ1) is 20.8. The van der Waals surface area contributed by atoms with E-state index in [9.17, 15) is 14.0 Å². The summed E-state index contributed by atoms with van der Waals surface area (Å²) in [7, 11) is 0. The second-order valence-corrected chi connectivity index (χ2v) is 10.2. The normalized spacial score (nSPS) is 43.1. The Bertz CT molecular complexity index is 781. The predicted octanol–water partition coefficient (Wildman–Crippen LogP) is 5.94. The molecule has 0 amide bonds. The van der Waals surface area contributed by atoms with Crippen molar-refractivity contribution in [3.05, 3.63) is 23.0 Å². The van der Waals surface area contributed by atoms with Gasteiger partial charge in [0.15, 0.2) is 5.78 Å². The molecule has 0 saturated heterocycles. The number of ketones is 1. The van der Waals surface area contributed by atoms with Gasteiger partial charge in [0, 0.05) is 5.92 Å². The van der Waals surface area contributed by atoms with Crippen molar-refractivity contribution in [2.24, 2.45) is 34.5 Å². The Kier molecular flexibility index (Phi) is 5.28. The molecular formula is C25H35FO3. The number of ether oxygens (including phenoxy) is 1. The molecule has 160 valence electrons. The summed E-state index contributed by atoms with van der Waals surface area (Å²) in [5.41, 5.74) is 1.94. The Labute approximate surface area is 174 Å². The third kappa shape index (κ3) is 3.04. The predicted molar refractivity (Wildman–Crippen MR) is 111 cm³/mol. The molecule has 0 unspecified atom stereocenters. The van der Waals surface area contributed by atoms with Gasteiger partial charge in [-0.1, -0.05) is 26.3 Å². The van der Waals surface area contributed by atoms with Crippen molar-refractivity contribution in [1.82, 2.24) is 0 Å². The maximum Gasteiger partial charge on any atom is 0.367 e. The summed E-state index contributed by atoms with van der Waals surface area (Å²) in [6.45, 7) is 8.61. The van der Waals surface area contributed by atoms with Gasteiger partial charge < -0.3 is 4.74 Å². The van der Waals surface area contributed by atoms with Crippen LogP contribution in [0.4, 0.5) is 4.39 Å². The second-order valence-electron chi connectivity index (χ2n) is 10.2. The van der Waals surface area contributed by atoms with Crippen LogP contribution in [-0.2, 0) is 14.3 Å². The number of fused-ring (bicyclic) bond motifs is 5. The molecule has 4 rings (SSSR count). The van der Waals surface area contributed by atoms with E-state index < -0.39 is 11.8 Å². The standard InChI is InChI=1S/C25H35FO3/c1-5-15-14-25(4)16(13-21(15)27)7-8-17-18-9-10-20(22(26)23(28)29-6-2)24(18,3)12-11-19(17)25/h13,15,17-19H,5-12,14H2,1-4H3/t15-,17+,18+,19+,24+,25+/m1/s1. The maximum absolute atomic E-state index is 15.0. The molecule has 0 radical (unpaired) electrons. The van der Waals surface area contributed by atoms with Gasteiger partial charge in [-0.25, -0.2) is 4.79 Å². The molecule has 4 aliphatic carbocycles. The van der Waals surface area contributed by atoms with Crippen LogP contribution in [-0.4, -0.2) is 18.4 Å². The first-order valence-electron chi connectivity index (χ1n) is 11.6. The van der Waals surface area contributed by atoms with Gasteiger partial charge in [-0.3, -0.25) is 4.79 Å². The maximum atomic E-state index is 15.0. The van der Waals surface area contributed by atoms with Crippen molar-refractivity contribution in [2.45, 2.75) is 79.1 Å². The van der Waals surface area contributed by atoms with Gasteiger partial charge in [0.2, 0.25) is 5.83 Å². The van der Waals surface area contributed by atoms with Gasteiger partial charge in [0.05, 0.1) is 6.61 Å². The van der Waals surface area contributed by atoms with Crippen LogP contribution in [0.15, 0.2) is 23.0 Å². The first-order chi connectivity index (χ1) is 13.8. The number of esters is 1. The van der Waals surface area contributed by atoms with Crippen molar-refractivity contribution in [3.63, 3.8) is 0 Å². The number of hydrogen-bond acceptors (Lipinski definition) is 3. The average Bonchev–Trinajstić information content (AvgIpc) is 3.04. The van der Waals surface area contributed by atoms with Crippen molar-refractivity contribution < 1.29 is 18.7 Å². The van der Waals surface area contributed by atoms with E-state index in [0.29, 0.717) is 35.5 Å². The molecule has 29 heavy (non-hydrogen) atoms. The van der Waals surface area contributed by atoms with Crippen LogP contribution in [0, 0.1) is 34.5 Å². The zero-order valence-corrected chi connectivity index (χ0v) is 18.4. The molecule has 4 aliphatic rings. The van der Waals surface area contributed by atoms with E-state index in [1.807, 2.05) is 6.08 Å². The fourth-order valence-electron chi connectivity index (χ4n) is 7.58. The smallest absolute Gasteiger partial charge is 0.367 e. The lowest BCUT2D eigenvalue weighted by molar-refractivity contribution is -0.140. The molecule has 0 spiro atoms. The Balaban J connectivity index is 1.65.